The molecule has 1 saturated carbocycles. The Bertz CT molecular complexity index is 391. The van der Waals surface area contributed by atoms with Crippen molar-refractivity contribution in [1.82, 2.24) is 0 Å². The molecule has 1 aromatic carbocycles. The second-order valence-corrected chi connectivity index (χ2v) is 4.74. The first-order valence-corrected chi connectivity index (χ1v) is 6.13. The first-order valence-electron chi connectivity index (χ1n) is 6.13. The van der Waals surface area contributed by atoms with E-state index >= 15 is 0 Å². The summed E-state index contributed by atoms with van der Waals surface area (Å²) >= 11 is 0. The molecule has 0 aromatic heterocycles. The van der Waals surface area contributed by atoms with Gasteiger partial charge in [0.15, 0.2) is 23.0 Å². The summed E-state index contributed by atoms with van der Waals surface area (Å²) in [6, 6.07) is 2.84. The minimum Gasteiger partial charge on any atom is -0.504 e. The van der Waals surface area contributed by atoms with E-state index in [-0.39, 0.29) is 23.7 Å². The van der Waals surface area contributed by atoms with Crippen molar-refractivity contribution in [2.75, 3.05) is 0 Å². The van der Waals surface area contributed by atoms with Crippen LogP contribution >= 0.6 is 0 Å². The van der Waals surface area contributed by atoms with Gasteiger partial charge in [0.1, 0.15) is 12.2 Å². The van der Waals surface area contributed by atoms with E-state index in [0.29, 0.717) is 11.5 Å². The average Bonchev–Trinajstić information content (AvgIpc) is 2.53. The molecule has 92 valence electrons. The topological polar surface area (TPSA) is 58.9 Å². The fourth-order valence-electron chi connectivity index (χ4n) is 2.56. The summed E-state index contributed by atoms with van der Waals surface area (Å²) in [4.78, 5) is 0. The molecule has 4 nitrogen and oxygen atoms in total. The van der Waals surface area contributed by atoms with Gasteiger partial charge in [0.2, 0.25) is 0 Å². The molecule has 1 aliphatic carbocycles. The van der Waals surface area contributed by atoms with Crippen LogP contribution in [0.2, 0.25) is 0 Å². The number of fused-ring (bicyclic) bond motifs is 2. The zero-order chi connectivity index (χ0) is 11.8. The predicted octanol–water partition coefficient (Wildman–Crippen LogP) is 2.57. The first-order chi connectivity index (χ1) is 8.24. The van der Waals surface area contributed by atoms with Crippen LogP contribution in [0, 0.1) is 0 Å². The van der Waals surface area contributed by atoms with Gasteiger partial charge in [-0.25, -0.2) is 0 Å². The number of rotatable bonds is 0. The number of phenols is 2. The third-order valence-corrected chi connectivity index (χ3v) is 3.49. The summed E-state index contributed by atoms with van der Waals surface area (Å²) in [7, 11) is 0. The van der Waals surface area contributed by atoms with Gasteiger partial charge in [0.25, 0.3) is 0 Å². The maximum absolute atomic E-state index is 9.44. The fourth-order valence-corrected chi connectivity index (χ4v) is 2.56. The molecule has 2 aliphatic rings. The van der Waals surface area contributed by atoms with Crippen molar-refractivity contribution in [3.8, 4) is 23.0 Å². The first kappa shape index (κ1) is 10.6. The third-order valence-electron chi connectivity index (χ3n) is 3.49. The molecule has 1 heterocycles. The minimum atomic E-state index is -0.167. The molecule has 0 radical (unpaired) electrons. The molecular weight excluding hydrogens is 220 g/mol. The summed E-state index contributed by atoms with van der Waals surface area (Å²) in [5.41, 5.74) is 0. The Labute approximate surface area is 99.8 Å². The molecule has 2 N–H and O–H groups in total. The molecule has 1 aliphatic heterocycles. The Morgan fingerprint density at radius 3 is 1.76 bits per heavy atom. The Balaban J connectivity index is 1.92. The lowest BCUT2D eigenvalue weighted by Gasteiger charge is -2.33. The van der Waals surface area contributed by atoms with E-state index in [0.717, 1.165) is 25.7 Å². The van der Waals surface area contributed by atoms with Crippen LogP contribution in [0.5, 0.6) is 23.0 Å². The van der Waals surface area contributed by atoms with Gasteiger partial charge in [-0.1, -0.05) is 6.42 Å². The van der Waals surface area contributed by atoms with Gasteiger partial charge in [-0.05, 0) is 25.7 Å². The number of aromatic hydroxyl groups is 2. The maximum Gasteiger partial charge on any atom is 0.165 e. The van der Waals surface area contributed by atoms with Crippen LogP contribution < -0.4 is 9.47 Å². The van der Waals surface area contributed by atoms with Crippen molar-refractivity contribution in [2.24, 2.45) is 0 Å². The summed E-state index contributed by atoms with van der Waals surface area (Å²) in [5.74, 6) is 0.728. The molecule has 1 aromatic rings. The number of benzene rings is 1. The molecule has 0 unspecified atom stereocenters. The highest BCUT2D eigenvalue weighted by Crippen LogP contribution is 2.43. The van der Waals surface area contributed by atoms with Crippen molar-refractivity contribution >= 4 is 0 Å². The van der Waals surface area contributed by atoms with E-state index in [9.17, 15) is 10.2 Å². The molecule has 1 fully saturated rings. The van der Waals surface area contributed by atoms with E-state index in [1.54, 1.807) is 0 Å². The summed E-state index contributed by atoms with van der Waals surface area (Å²) in [6.45, 7) is 0. The van der Waals surface area contributed by atoms with E-state index < -0.39 is 0 Å². The lowest BCUT2D eigenvalue weighted by atomic mass is 10.1. The smallest absolute Gasteiger partial charge is 0.165 e. The number of hydrogen-bond acceptors (Lipinski definition) is 4. The van der Waals surface area contributed by atoms with Crippen molar-refractivity contribution in [3.63, 3.8) is 0 Å². The van der Waals surface area contributed by atoms with E-state index in [1.807, 2.05) is 0 Å². The Kier molecular flexibility index (Phi) is 2.50. The van der Waals surface area contributed by atoms with Crippen LogP contribution in [0.3, 0.4) is 0 Å². The van der Waals surface area contributed by atoms with Crippen LogP contribution in [-0.4, -0.2) is 22.4 Å². The van der Waals surface area contributed by atoms with Crippen LogP contribution in [-0.2, 0) is 0 Å². The number of ether oxygens (including phenoxy) is 2. The van der Waals surface area contributed by atoms with E-state index in [2.05, 4.69) is 0 Å². The Morgan fingerprint density at radius 1 is 0.824 bits per heavy atom. The van der Waals surface area contributed by atoms with Gasteiger partial charge in [-0.15, -0.1) is 0 Å². The molecular formula is C13H16O4. The Morgan fingerprint density at radius 2 is 1.29 bits per heavy atom. The van der Waals surface area contributed by atoms with Gasteiger partial charge >= 0.3 is 0 Å². The normalized spacial score (nSPS) is 27.1. The molecule has 17 heavy (non-hydrogen) atoms. The van der Waals surface area contributed by atoms with Crippen LogP contribution in [0.4, 0.5) is 0 Å². The maximum atomic E-state index is 9.44. The molecule has 4 heteroatoms. The second kappa shape index (κ2) is 4.02. The zero-order valence-electron chi connectivity index (χ0n) is 9.56. The minimum absolute atomic E-state index is 0.0777. The van der Waals surface area contributed by atoms with Gasteiger partial charge in [0.05, 0.1) is 0 Å². The molecule has 3 rings (SSSR count). The Hall–Kier alpha value is -1.58. The monoisotopic (exact) mass is 236 g/mol. The highest BCUT2D eigenvalue weighted by molar-refractivity contribution is 5.53. The quantitative estimate of drug-likeness (QED) is 0.680. The van der Waals surface area contributed by atoms with Crippen molar-refractivity contribution in [2.45, 2.75) is 44.3 Å². The third kappa shape index (κ3) is 1.88. The second-order valence-electron chi connectivity index (χ2n) is 4.74. The van der Waals surface area contributed by atoms with Crippen molar-refractivity contribution in [3.05, 3.63) is 12.1 Å². The van der Waals surface area contributed by atoms with Crippen LogP contribution in [0.15, 0.2) is 12.1 Å². The molecule has 0 amide bonds. The van der Waals surface area contributed by atoms with Crippen molar-refractivity contribution < 1.29 is 19.7 Å². The fraction of sp³-hybridized carbons (Fsp3) is 0.538. The van der Waals surface area contributed by atoms with Crippen LogP contribution in [0.1, 0.15) is 32.1 Å². The number of hydrogen-bond donors (Lipinski definition) is 2. The van der Waals surface area contributed by atoms with E-state index in [1.165, 1.54) is 18.6 Å². The van der Waals surface area contributed by atoms with Gasteiger partial charge in [-0.3, -0.25) is 0 Å². The van der Waals surface area contributed by atoms with Gasteiger partial charge in [0, 0.05) is 12.1 Å². The highest BCUT2D eigenvalue weighted by Gasteiger charge is 2.33. The number of phenolic OH excluding ortho intramolecular Hbond substituents is 2. The predicted molar refractivity (Wildman–Crippen MR) is 61.7 cm³/mol. The molecule has 0 bridgehead atoms. The SMILES string of the molecule is Oc1cc2c(cc1O)O[C@H]1CCCCC[C@@H]1O2. The van der Waals surface area contributed by atoms with E-state index in [4.69, 9.17) is 9.47 Å². The molecule has 0 spiro atoms. The zero-order valence-corrected chi connectivity index (χ0v) is 9.56. The average molecular weight is 236 g/mol. The standard InChI is InChI=1S/C13H16O4/c14-8-6-12-13(7-9(8)15)17-11-5-3-1-2-4-10(11)16-12/h6-7,10-11,14-15H,1-5H2/t10-,11-/m0/s1. The largest absolute Gasteiger partial charge is 0.504 e. The lowest BCUT2D eigenvalue weighted by molar-refractivity contribution is 0.0164. The lowest BCUT2D eigenvalue weighted by Crippen LogP contribution is -2.38. The summed E-state index contributed by atoms with van der Waals surface area (Å²) in [5, 5.41) is 18.9. The van der Waals surface area contributed by atoms with Gasteiger partial charge in [-0.2, -0.15) is 0 Å². The van der Waals surface area contributed by atoms with Crippen LogP contribution in [0.25, 0.3) is 0 Å². The summed E-state index contributed by atoms with van der Waals surface area (Å²) in [6.07, 6.45) is 5.67. The molecule has 2 atom stereocenters. The summed E-state index contributed by atoms with van der Waals surface area (Å²) < 4.78 is 11.7. The van der Waals surface area contributed by atoms with Crippen molar-refractivity contribution in [1.29, 1.82) is 0 Å². The molecule has 0 saturated heterocycles. The highest BCUT2D eigenvalue weighted by atomic mass is 16.6. The van der Waals surface area contributed by atoms with Gasteiger partial charge < -0.3 is 19.7 Å².